The quantitative estimate of drug-likeness (QED) is 0.406. The molecule has 0 aliphatic heterocycles. The fourth-order valence-corrected chi connectivity index (χ4v) is 3.59. The number of amides is 2. The van der Waals surface area contributed by atoms with E-state index in [1.165, 1.54) is 4.90 Å². The Morgan fingerprint density at radius 3 is 2.24 bits per heavy atom. The normalized spacial score (nSPS) is 10.7. The number of hydrogen-bond acceptors (Lipinski definition) is 5. The Morgan fingerprint density at radius 2 is 1.62 bits per heavy atom. The van der Waals surface area contributed by atoms with Gasteiger partial charge < -0.3 is 23.7 Å². The summed E-state index contributed by atoms with van der Waals surface area (Å²) in [6.07, 6.45) is 0.705. The minimum atomic E-state index is -0.232. The zero-order valence-electron chi connectivity index (χ0n) is 20.0. The second-order valence-electron chi connectivity index (χ2n) is 8.01. The van der Waals surface area contributed by atoms with Crippen LogP contribution in [0.5, 0.6) is 5.75 Å². The van der Waals surface area contributed by atoms with Crippen LogP contribution in [0.4, 0.5) is 0 Å². The fourth-order valence-electron chi connectivity index (χ4n) is 3.59. The third-order valence-electron chi connectivity index (χ3n) is 5.52. The van der Waals surface area contributed by atoms with Gasteiger partial charge in [0.2, 0.25) is 5.91 Å². The number of carbonyl (C=O) groups excluding carboxylic acids is 2. The largest absolute Gasteiger partial charge is 0.497 e. The summed E-state index contributed by atoms with van der Waals surface area (Å²) in [5, 5.41) is 0. The van der Waals surface area contributed by atoms with Gasteiger partial charge in [0.1, 0.15) is 23.8 Å². The molecule has 1 heterocycles. The lowest BCUT2D eigenvalue weighted by Crippen LogP contribution is -2.44. The van der Waals surface area contributed by atoms with Crippen molar-refractivity contribution in [2.24, 2.45) is 0 Å². The lowest BCUT2D eigenvalue weighted by Gasteiger charge is -2.27. The standard InChI is InChI=1S/C27H32N2O5/c1-21-9-12-25(34-21)19-28(16-15-22-7-5-4-6-8-22)26(30)20-29(17-18-32-2)27(31)23-10-13-24(33-3)14-11-23/h4-14H,15-20H2,1-3H3. The molecule has 0 unspecified atom stereocenters. The number of nitrogens with zero attached hydrogens (tertiary/aromatic N) is 2. The second-order valence-corrected chi connectivity index (χ2v) is 8.01. The van der Waals surface area contributed by atoms with Gasteiger partial charge in [0.15, 0.2) is 0 Å². The van der Waals surface area contributed by atoms with E-state index in [-0.39, 0.29) is 18.4 Å². The van der Waals surface area contributed by atoms with Crippen LogP contribution < -0.4 is 4.74 Å². The number of methoxy groups -OCH3 is 2. The zero-order valence-corrected chi connectivity index (χ0v) is 20.0. The van der Waals surface area contributed by atoms with Crippen LogP contribution in [0.2, 0.25) is 0 Å². The lowest BCUT2D eigenvalue weighted by atomic mass is 10.1. The highest BCUT2D eigenvalue weighted by molar-refractivity contribution is 5.96. The molecule has 7 nitrogen and oxygen atoms in total. The van der Waals surface area contributed by atoms with E-state index in [1.54, 1.807) is 43.4 Å². The molecule has 0 saturated carbocycles. The monoisotopic (exact) mass is 464 g/mol. The van der Waals surface area contributed by atoms with Crippen molar-refractivity contribution < 1.29 is 23.5 Å². The first kappa shape index (κ1) is 25.1. The summed E-state index contributed by atoms with van der Waals surface area (Å²) in [6.45, 7) is 3.31. The van der Waals surface area contributed by atoms with Crippen molar-refractivity contribution in [1.29, 1.82) is 0 Å². The van der Waals surface area contributed by atoms with Gasteiger partial charge in [0.05, 0.1) is 20.3 Å². The molecule has 0 fully saturated rings. The average Bonchev–Trinajstić information content (AvgIpc) is 3.28. The summed E-state index contributed by atoms with van der Waals surface area (Å²) >= 11 is 0. The van der Waals surface area contributed by atoms with E-state index in [0.29, 0.717) is 49.7 Å². The Bertz CT molecular complexity index is 1050. The molecule has 0 N–H and O–H groups in total. The molecule has 0 saturated heterocycles. The van der Waals surface area contributed by atoms with Crippen LogP contribution in [0.15, 0.2) is 71.1 Å². The third-order valence-corrected chi connectivity index (χ3v) is 5.52. The molecule has 3 aromatic rings. The van der Waals surface area contributed by atoms with Crippen LogP contribution >= 0.6 is 0 Å². The fraction of sp³-hybridized carbons (Fsp3) is 0.333. The van der Waals surface area contributed by atoms with Gasteiger partial charge in [-0.25, -0.2) is 0 Å². The number of aryl methyl sites for hydroxylation is 1. The summed E-state index contributed by atoms with van der Waals surface area (Å²) in [6, 6.07) is 20.6. The van der Waals surface area contributed by atoms with E-state index in [9.17, 15) is 9.59 Å². The van der Waals surface area contributed by atoms with Gasteiger partial charge in [-0.15, -0.1) is 0 Å². The van der Waals surface area contributed by atoms with Gasteiger partial charge in [0.25, 0.3) is 5.91 Å². The van der Waals surface area contributed by atoms with E-state index in [2.05, 4.69) is 0 Å². The van der Waals surface area contributed by atoms with Gasteiger partial charge in [-0.05, 0) is 55.3 Å². The van der Waals surface area contributed by atoms with Crippen LogP contribution in [0.1, 0.15) is 27.4 Å². The van der Waals surface area contributed by atoms with Crippen LogP contribution in [-0.2, 0) is 22.5 Å². The zero-order chi connectivity index (χ0) is 24.3. The molecular weight excluding hydrogens is 432 g/mol. The highest BCUT2D eigenvalue weighted by Crippen LogP contribution is 2.15. The van der Waals surface area contributed by atoms with Crippen molar-refractivity contribution in [2.75, 3.05) is 40.5 Å². The summed E-state index contributed by atoms with van der Waals surface area (Å²) in [5.41, 5.74) is 1.63. The number of rotatable bonds is 12. The Morgan fingerprint density at radius 1 is 0.882 bits per heavy atom. The van der Waals surface area contributed by atoms with E-state index in [1.807, 2.05) is 49.4 Å². The van der Waals surface area contributed by atoms with Gasteiger partial charge >= 0.3 is 0 Å². The maximum atomic E-state index is 13.4. The second kappa shape index (κ2) is 12.6. The van der Waals surface area contributed by atoms with Crippen LogP contribution in [0, 0.1) is 6.92 Å². The van der Waals surface area contributed by atoms with E-state index >= 15 is 0 Å². The highest BCUT2D eigenvalue weighted by Gasteiger charge is 2.23. The van der Waals surface area contributed by atoms with E-state index < -0.39 is 0 Å². The number of hydrogen-bond donors (Lipinski definition) is 0. The van der Waals surface area contributed by atoms with Crippen molar-refractivity contribution >= 4 is 11.8 Å². The summed E-state index contributed by atoms with van der Waals surface area (Å²) < 4.78 is 16.1. The molecule has 1 aromatic heterocycles. The topological polar surface area (TPSA) is 72.2 Å². The Labute approximate surface area is 200 Å². The van der Waals surface area contributed by atoms with Crippen molar-refractivity contribution in [1.82, 2.24) is 9.80 Å². The average molecular weight is 465 g/mol. The molecular formula is C27H32N2O5. The highest BCUT2D eigenvalue weighted by atomic mass is 16.5. The number of ether oxygens (including phenoxy) is 2. The lowest BCUT2D eigenvalue weighted by molar-refractivity contribution is -0.132. The molecule has 0 aliphatic rings. The van der Waals surface area contributed by atoms with Crippen LogP contribution in [-0.4, -0.2) is 62.1 Å². The first-order valence-electron chi connectivity index (χ1n) is 11.3. The van der Waals surface area contributed by atoms with Crippen molar-refractivity contribution in [3.8, 4) is 5.75 Å². The predicted octanol–water partition coefficient (Wildman–Crippen LogP) is 3.96. The molecule has 0 bridgehead atoms. The number of furan rings is 1. The minimum Gasteiger partial charge on any atom is -0.497 e. The maximum Gasteiger partial charge on any atom is 0.254 e. The SMILES string of the molecule is COCCN(CC(=O)N(CCc1ccccc1)Cc1ccc(C)o1)C(=O)c1ccc(OC)cc1. The summed E-state index contributed by atoms with van der Waals surface area (Å²) in [7, 11) is 3.15. The number of benzene rings is 2. The molecule has 3 rings (SSSR count). The van der Waals surface area contributed by atoms with Crippen molar-refractivity contribution in [3.63, 3.8) is 0 Å². The minimum absolute atomic E-state index is 0.0529. The Kier molecular flexibility index (Phi) is 9.29. The molecule has 180 valence electrons. The first-order chi connectivity index (χ1) is 16.5. The molecule has 7 heteroatoms. The Hall–Kier alpha value is -3.58. The van der Waals surface area contributed by atoms with Crippen molar-refractivity contribution in [3.05, 3.63) is 89.4 Å². The smallest absolute Gasteiger partial charge is 0.254 e. The Balaban J connectivity index is 1.75. The molecule has 2 aromatic carbocycles. The van der Waals surface area contributed by atoms with Gasteiger partial charge in [-0.2, -0.15) is 0 Å². The van der Waals surface area contributed by atoms with E-state index in [4.69, 9.17) is 13.9 Å². The molecule has 0 radical (unpaired) electrons. The van der Waals surface area contributed by atoms with E-state index in [0.717, 1.165) is 11.3 Å². The molecule has 0 atom stereocenters. The molecule has 0 spiro atoms. The van der Waals surface area contributed by atoms with Gasteiger partial charge in [-0.1, -0.05) is 30.3 Å². The first-order valence-corrected chi connectivity index (χ1v) is 11.3. The number of carbonyl (C=O) groups is 2. The predicted molar refractivity (Wildman–Crippen MR) is 130 cm³/mol. The maximum absolute atomic E-state index is 13.4. The van der Waals surface area contributed by atoms with Gasteiger partial charge in [0, 0.05) is 25.8 Å². The van der Waals surface area contributed by atoms with Crippen molar-refractivity contribution in [2.45, 2.75) is 19.9 Å². The van der Waals surface area contributed by atoms with Gasteiger partial charge in [-0.3, -0.25) is 9.59 Å². The molecule has 0 aliphatic carbocycles. The van der Waals surface area contributed by atoms with Crippen LogP contribution in [0.25, 0.3) is 0 Å². The van der Waals surface area contributed by atoms with Crippen LogP contribution in [0.3, 0.4) is 0 Å². The summed E-state index contributed by atoms with van der Waals surface area (Å²) in [5.74, 6) is 1.79. The summed E-state index contributed by atoms with van der Waals surface area (Å²) in [4.78, 5) is 29.9. The molecule has 2 amide bonds. The molecule has 34 heavy (non-hydrogen) atoms. The third kappa shape index (κ3) is 7.22.